The molecule has 0 N–H and O–H groups in total. The summed E-state index contributed by atoms with van der Waals surface area (Å²) in [6, 6.07) is 0. The number of rotatable bonds is 6. The van der Waals surface area contributed by atoms with Crippen LogP contribution in [0, 0.1) is 5.13 Å². The molecule has 1 heterocycles. The van der Waals surface area contributed by atoms with Crippen molar-refractivity contribution in [2.75, 3.05) is 0 Å². The maximum absolute atomic E-state index is 13.6. The predicted octanol–water partition coefficient (Wildman–Crippen LogP) is 4.53. The molecule has 0 saturated carbocycles. The van der Waals surface area contributed by atoms with E-state index in [9.17, 15) is 4.39 Å². The minimum atomic E-state index is -0.0953. The summed E-state index contributed by atoms with van der Waals surface area (Å²) in [5.74, 6) is 0. The summed E-state index contributed by atoms with van der Waals surface area (Å²) in [5.41, 5.74) is 0.810. The van der Waals surface area contributed by atoms with Gasteiger partial charge in [-0.15, -0.1) is 0 Å². The number of unbranched alkanes of at least 4 members (excludes halogenated alkanes) is 1. The Hall–Kier alpha value is -0.440. The van der Waals surface area contributed by atoms with Crippen LogP contribution in [0.4, 0.5) is 4.39 Å². The van der Waals surface area contributed by atoms with Crippen molar-refractivity contribution in [3.05, 3.63) is 16.9 Å². The maximum Gasteiger partial charge on any atom is 0.199 e. The van der Waals surface area contributed by atoms with Gasteiger partial charge in [0.15, 0.2) is 5.13 Å². The molecule has 1 rings (SSSR count). The molecule has 1 aromatic heterocycles. The SMILES string of the molecule is CCCCC(C)(CCC)c1cnsc1F. The molecule has 0 spiro atoms. The first kappa shape index (κ1) is 12.6. The molecule has 0 aliphatic rings. The van der Waals surface area contributed by atoms with Crippen LogP contribution in [0.15, 0.2) is 6.20 Å². The third-order valence-corrected chi connectivity index (χ3v) is 3.65. The molecule has 0 amide bonds. The molecule has 0 saturated heterocycles. The van der Waals surface area contributed by atoms with E-state index < -0.39 is 0 Å². The van der Waals surface area contributed by atoms with Crippen molar-refractivity contribution in [1.82, 2.24) is 4.37 Å². The van der Waals surface area contributed by atoms with E-state index >= 15 is 0 Å². The summed E-state index contributed by atoms with van der Waals surface area (Å²) in [6.45, 7) is 6.50. The molecule has 0 radical (unpaired) electrons. The third-order valence-electron chi connectivity index (χ3n) is 3.06. The molecule has 0 aliphatic carbocycles. The van der Waals surface area contributed by atoms with Gasteiger partial charge in [-0.2, -0.15) is 8.76 Å². The van der Waals surface area contributed by atoms with Crippen LogP contribution in [0.3, 0.4) is 0 Å². The van der Waals surface area contributed by atoms with Gasteiger partial charge in [0.1, 0.15) is 0 Å². The first-order chi connectivity index (χ1) is 7.14. The van der Waals surface area contributed by atoms with Crippen LogP contribution < -0.4 is 0 Å². The van der Waals surface area contributed by atoms with E-state index in [2.05, 4.69) is 25.1 Å². The van der Waals surface area contributed by atoms with Crippen molar-refractivity contribution >= 4 is 11.5 Å². The zero-order valence-corrected chi connectivity index (χ0v) is 10.7. The highest BCUT2D eigenvalue weighted by Crippen LogP contribution is 2.36. The first-order valence-electron chi connectivity index (χ1n) is 5.74. The van der Waals surface area contributed by atoms with Crippen LogP contribution in [0.25, 0.3) is 0 Å². The second-order valence-corrected chi connectivity index (χ2v) is 5.18. The minimum absolute atomic E-state index is 0.0121. The van der Waals surface area contributed by atoms with Crippen LogP contribution in [-0.2, 0) is 5.41 Å². The highest BCUT2D eigenvalue weighted by atomic mass is 32.1. The molecule has 86 valence electrons. The summed E-state index contributed by atoms with van der Waals surface area (Å²) in [7, 11) is 0. The quantitative estimate of drug-likeness (QED) is 0.698. The smallest absolute Gasteiger partial charge is 0.198 e. The highest BCUT2D eigenvalue weighted by Gasteiger charge is 2.29. The monoisotopic (exact) mass is 229 g/mol. The highest BCUT2D eigenvalue weighted by molar-refractivity contribution is 7.04. The Balaban J connectivity index is 2.85. The fraction of sp³-hybridized carbons (Fsp3) is 0.750. The van der Waals surface area contributed by atoms with E-state index in [0.29, 0.717) is 0 Å². The van der Waals surface area contributed by atoms with Gasteiger partial charge in [-0.25, -0.2) is 0 Å². The molecule has 0 bridgehead atoms. The summed E-state index contributed by atoms with van der Waals surface area (Å²) in [6.07, 6.45) is 7.24. The molecule has 15 heavy (non-hydrogen) atoms. The van der Waals surface area contributed by atoms with Gasteiger partial charge in [-0.1, -0.05) is 40.0 Å². The summed E-state index contributed by atoms with van der Waals surface area (Å²) in [5, 5.41) is -0.0953. The number of aromatic nitrogens is 1. The van der Waals surface area contributed by atoms with E-state index in [1.807, 2.05) is 0 Å². The van der Waals surface area contributed by atoms with Crippen molar-refractivity contribution in [1.29, 1.82) is 0 Å². The zero-order chi connectivity index (χ0) is 11.3. The lowest BCUT2D eigenvalue weighted by molar-refractivity contribution is 0.371. The Morgan fingerprint density at radius 3 is 2.53 bits per heavy atom. The van der Waals surface area contributed by atoms with Crippen molar-refractivity contribution in [3.63, 3.8) is 0 Å². The zero-order valence-electron chi connectivity index (χ0n) is 9.85. The van der Waals surface area contributed by atoms with Gasteiger partial charge in [0, 0.05) is 11.8 Å². The average Bonchev–Trinajstić information content (AvgIpc) is 2.62. The normalized spacial score (nSPS) is 15.2. The second-order valence-electron chi connectivity index (χ2n) is 4.43. The van der Waals surface area contributed by atoms with E-state index in [-0.39, 0.29) is 10.5 Å². The van der Waals surface area contributed by atoms with Gasteiger partial charge in [-0.3, -0.25) is 0 Å². The maximum atomic E-state index is 13.6. The Morgan fingerprint density at radius 2 is 2.07 bits per heavy atom. The van der Waals surface area contributed by atoms with Gasteiger partial charge < -0.3 is 0 Å². The summed E-state index contributed by atoms with van der Waals surface area (Å²) in [4.78, 5) is 0. The second kappa shape index (κ2) is 5.59. The number of nitrogens with zero attached hydrogens (tertiary/aromatic N) is 1. The van der Waals surface area contributed by atoms with Gasteiger partial charge >= 0.3 is 0 Å². The van der Waals surface area contributed by atoms with Gasteiger partial charge in [0.25, 0.3) is 0 Å². The molecular formula is C12H20FNS. The number of hydrogen-bond acceptors (Lipinski definition) is 2. The van der Waals surface area contributed by atoms with Gasteiger partial charge in [-0.05, 0) is 29.8 Å². The van der Waals surface area contributed by atoms with E-state index in [1.165, 1.54) is 6.42 Å². The van der Waals surface area contributed by atoms with Gasteiger partial charge in [0.05, 0.1) is 0 Å². The molecule has 1 atom stereocenters. The van der Waals surface area contributed by atoms with Crippen molar-refractivity contribution < 1.29 is 4.39 Å². The van der Waals surface area contributed by atoms with Crippen LogP contribution in [-0.4, -0.2) is 4.37 Å². The van der Waals surface area contributed by atoms with Gasteiger partial charge in [0.2, 0.25) is 0 Å². The number of halogens is 1. The Labute approximate surface area is 95.9 Å². The summed E-state index contributed by atoms with van der Waals surface area (Å²) >= 11 is 0.974. The fourth-order valence-corrected chi connectivity index (χ4v) is 2.78. The minimum Gasteiger partial charge on any atom is -0.198 e. The Kier molecular flexibility index (Phi) is 4.71. The molecule has 0 fully saturated rings. The average molecular weight is 229 g/mol. The van der Waals surface area contributed by atoms with Crippen molar-refractivity contribution in [2.24, 2.45) is 0 Å². The fourth-order valence-electron chi connectivity index (χ4n) is 2.13. The lowest BCUT2D eigenvalue weighted by Gasteiger charge is -2.28. The molecule has 0 aliphatic heterocycles. The lowest BCUT2D eigenvalue weighted by atomic mass is 9.76. The van der Waals surface area contributed by atoms with Crippen LogP contribution in [0.5, 0.6) is 0 Å². The van der Waals surface area contributed by atoms with E-state index in [4.69, 9.17) is 0 Å². The number of hydrogen-bond donors (Lipinski definition) is 0. The van der Waals surface area contributed by atoms with Crippen molar-refractivity contribution in [3.8, 4) is 0 Å². The molecule has 0 aromatic carbocycles. The van der Waals surface area contributed by atoms with Crippen molar-refractivity contribution in [2.45, 2.75) is 58.3 Å². The van der Waals surface area contributed by atoms with Crippen LogP contribution in [0.1, 0.15) is 58.4 Å². The largest absolute Gasteiger partial charge is 0.199 e. The molecular weight excluding hydrogens is 209 g/mol. The topological polar surface area (TPSA) is 12.9 Å². The molecule has 1 unspecified atom stereocenters. The standard InChI is InChI=1S/C12H20FNS/c1-4-6-8-12(3,7-5-2)10-9-14-15-11(10)13/h9H,4-8H2,1-3H3. The predicted molar refractivity (Wildman–Crippen MR) is 63.9 cm³/mol. The first-order valence-corrected chi connectivity index (χ1v) is 6.52. The van der Waals surface area contributed by atoms with Crippen LogP contribution in [0.2, 0.25) is 0 Å². The van der Waals surface area contributed by atoms with E-state index in [1.54, 1.807) is 6.20 Å². The Bertz CT molecular complexity index is 298. The van der Waals surface area contributed by atoms with Crippen LogP contribution >= 0.6 is 11.5 Å². The Morgan fingerprint density at radius 1 is 1.33 bits per heavy atom. The molecule has 1 aromatic rings. The third kappa shape index (κ3) is 3.00. The lowest BCUT2D eigenvalue weighted by Crippen LogP contribution is -2.22. The molecule has 3 heteroatoms. The molecule has 1 nitrogen and oxygen atoms in total. The van der Waals surface area contributed by atoms with E-state index in [0.717, 1.165) is 42.8 Å². The summed E-state index contributed by atoms with van der Waals surface area (Å²) < 4.78 is 17.5.